The van der Waals surface area contributed by atoms with E-state index >= 15 is 0 Å². The standard InChI is InChI=1S/C16H15F3N2/c1-10-8-11-4-2-3-5-15(11)21(10)12-6-7-14(20)13(9-12)16(17,18)19/h2-7,9-10H,8,20H2,1H3. The van der Waals surface area contributed by atoms with E-state index in [0.717, 1.165) is 23.7 Å². The van der Waals surface area contributed by atoms with Crippen molar-refractivity contribution in [2.45, 2.75) is 25.6 Å². The van der Waals surface area contributed by atoms with Gasteiger partial charge < -0.3 is 10.6 Å². The van der Waals surface area contributed by atoms with Crippen molar-refractivity contribution in [1.82, 2.24) is 0 Å². The van der Waals surface area contributed by atoms with Crippen LogP contribution in [0.1, 0.15) is 18.1 Å². The summed E-state index contributed by atoms with van der Waals surface area (Å²) >= 11 is 0. The van der Waals surface area contributed by atoms with Crippen molar-refractivity contribution in [2.24, 2.45) is 0 Å². The van der Waals surface area contributed by atoms with Gasteiger partial charge in [0, 0.05) is 23.1 Å². The molecule has 5 heteroatoms. The van der Waals surface area contributed by atoms with Crippen LogP contribution in [0.3, 0.4) is 0 Å². The largest absolute Gasteiger partial charge is 0.418 e. The van der Waals surface area contributed by atoms with Crippen LogP contribution in [0.2, 0.25) is 0 Å². The quantitative estimate of drug-likeness (QED) is 0.791. The second-order valence-electron chi connectivity index (χ2n) is 5.32. The zero-order chi connectivity index (χ0) is 15.2. The smallest absolute Gasteiger partial charge is 0.398 e. The molecule has 0 aliphatic carbocycles. The average Bonchev–Trinajstić information content (AvgIpc) is 2.74. The lowest BCUT2D eigenvalue weighted by Crippen LogP contribution is -2.24. The number of nitrogens with zero attached hydrogens (tertiary/aromatic N) is 1. The molecule has 0 bridgehead atoms. The van der Waals surface area contributed by atoms with Gasteiger partial charge in [-0.05, 0) is 43.2 Å². The fourth-order valence-electron chi connectivity index (χ4n) is 2.90. The average molecular weight is 292 g/mol. The molecule has 0 amide bonds. The van der Waals surface area contributed by atoms with Gasteiger partial charge in [0.05, 0.1) is 5.56 Å². The van der Waals surface area contributed by atoms with E-state index in [9.17, 15) is 13.2 Å². The van der Waals surface area contributed by atoms with Crippen LogP contribution in [0.5, 0.6) is 0 Å². The number of rotatable bonds is 1. The molecule has 1 heterocycles. The summed E-state index contributed by atoms with van der Waals surface area (Å²) in [4.78, 5) is 1.93. The van der Waals surface area contributed by atoms with Crippen molar-refractivity contribution in [1.29, 1.82) is 0 Å². The first-order valence-corrected chi connectivity index (χ1v) is 6.72. The predicted octanol–water partition coefficient (Wildman–Crippen LogP) is 4.37. The van der Waals surface area contributed by atoms with E-state index in [-0.39, 0.29) is 11.7 Å². The topological polar surface area (TPSA) is 29.3 Å². The first-order chi connectivity index (χ1) is 9.88. The number of para-hydroxylation sites is 1. The summed E-state index contributed by atoms with van der Waals surface area (Å²) in [5.41, 5.74) is 7.07. The molecule has 0 aromatic heterocycles. The lowest BCUT2D eigenvalue weighted by molar-refractivity contribution is -0.136. The molecule has 0 saturated heterocycles. The van der Waals surface area contributed by atoms with Gasteiger partial charge in [-0.1, -0.05) is 18.2 Å². The van der Waals surface area contributed by atoms with Crippen LogP contribution in [-0.4, -0.2) is 6.04 Å². The van der Waals surface area contributed by atoms with Gasteiger partial charge in [-0.25, -0.2) is 0 Å². The number of hydrogen-bond donors (Lipinski definition) is 1. The SMILES string of the molecule is CC1Cc2ccccc2N1c1ccc(N)c(C(F)(F)F)c1. The molecular weight excluding hydrogens is 277 g/mol. The maximum absolute atomic E-state index is 13.0. The highest BCUT2D eigenvalue weighted by atomic mass is 19.4. The Morgan fingerprint density at radius 2 is 1.86 bits per heavy atom. The molecular formula is C16H15F3N2. The number of halogens is 3. The molecule has 0 fully saturated rings. The first-order valence-electron chi connectivity index (χ1n) is 6.72. The van der Waals surface area contributed by atoms with Crippen molar-refractivity contribution >= 4 is 17.1 Å². The molecule has 2 nitrogen and oxygen atoms in total. The van der Waals surface area contributed by atoms with Crippen LogP contribution in [0.4, 0.5) is 30.2 Å². The molecule has 21 heavy (non-hydrogen) atoms. The van der Waals surface area contributed by atoms with Crippen LogP contribution in [0.15, 0.2) is 42.5 Å². The minimum atomic E-state index is -4.44. The number of hydrogen-bond acceptors (Lipinski definition) is 2. The molecule has 1 unspecified atom stereocenters. The fourth-order valence-corrected chi connectivity index (χ4v) is 2.90. The fraction of sp³-hybridized carbons (Fsp3) is 0.250. The zero-order valence-corrected chi connectivity index (χ0v) is 11.5. The van der Waals surface area contributed by atoms with Crippen LogP contribution in [-0.2, 0) is 12.6 Å². The minimum absolute atomic E-state index is 0.118. The molecule has 2 aromatic rings. The van der Waals surface area contributed by atoms with Crippen LogP contribution in [0.25, 0.3) is 0 Å². The Hall–Kier alpha value is -2.17. The molecule has 3 rings (SSSR count). The van der Waals surface area contributed by atoms with E-state index in [1.807, 2.05) is 36.1 Å². The van der Waals surface area contributed by atoms with E-state index < -0.39 is 11.7 Å². The monoisotopic (exact) mass is 292 g/mol. The summed E-state index contributed by atoms with van der Waals surface area (Å²) in [6.07, 6.45) is -3.62. The molecule has 2 N–H and O–H groups in total. The molecule has 2 aromatic carbocycles. The minimum Gasteiger partial charge on any atom is -0.398 e. The summed E-state index contributed by atoms with van der Waals surface area (Å²) in [6, 6.07) is 12.0. The second-order valence-corrected chi connectivity index (χ2v) is 5.32. The summed E-state index contributed by atoms with van der Waals surface area (Å²) < 4.78 is 39.0. The first kappa shape index (κ1) is 13.8. The van der Waals surface area contributed by atoms with Crippen molar-refractivity contribution in [2.75, 3.05) is 10.6 Å². The molecule has 1 aliphatic heterocycles. The predicted molar refractivity (Wildman–Crippen MR) is 77.6 cm³/mol. The third-order valence-electron chi connectivity index (χ3n) is 3.83. The lowest BCUT2D eigenvalue weighted by Gasteiger charge is -2.26. The normalized spacial score (nSPS) is 17.9. The highest BCUT2D eigenvalue weighted by Crippen LogP contribution is 2.41. The van der Waals surface area contributed by atoms with Crippen LogP contribution < -0.4 is 10.6 Å². The Bertz CT molecular complexity index is 679. The van der Waals surface area contributed by atoms with E-state index in [0.29, 0.717) is 5.69 Å². The molecule has 0 radical (unpaired) electrons. The third-order valence-corrected chi connectivity index (χ3v) is 3.83. The number of nitrogen functional groups attached to an aromatic ring is 1. The van der Waals surface area contributed by atoms with Gasteiger partial charge in [0.15, 0.2) is 0 Å². The molecule has 1 aliphatic rings. The van der Waals surface area contributed by atoms with Gasteiger partial charge >= 0.3 is 6.18 Å². The Kier molecular flexibility index (Phi) is 3.08. The summed E-state index contributed by atoms with van der Waals surface area (Å²) in [7, 11) is 0. The zero-order valence-electron chi connectivity index (χ0n) is 11.5. The maximum atomic E-state index is 13.0. The second kappa shape index (κ2) is 4.69. The Labute approximate surface area is 121 Å². The highest BCUT2D eigenvalue weighted by Gasteiger charge is 2.35. The van der Waals surface area contributed by atoms with Crippen LogP contribution in [0, 0.1) is 0 Å². The van der Waals surface area contributed by atoms with Crippen molar-refractivity contribution in [3.8, 4) is 0 Å². The Balaban J connectivity index is 2.09. The Morgan fingerprint density at radius 1 is 1.14 bits per heavy atom. The van der Waals surface area contributed by atoms with Crippen molar-refractivity contribution in [3.63, 3.8) is 0 Å². The van der Waals surface area contributed by atoms with E-state index in [4.69, 9.17) is 5.73 Å². The van der Waals surface area contributed by atoms with Gasteiger partial charge in [-0.2, -0.15) is 13.2 Å². The molecule has 110 valence electrons. The maximum Gasteiger partial charge on any atom is 0.418 e. The lowest BCUT2D eigenvalue weighted by atomic mass is 10.1. The number of nitrogens with two attached hydrogens (primary N) is 1. The summed E-state index contributed by atoms with van der Waals surface area (Å²) in [6.45, 7) is 2.00. The third kappa shape index (κ3) is 2.33. The number of anilines is 3. The number of benzene rings is 2. The molecule has 0 spiro atoms. The van der Waals surface area contributed by atoms with E-state index in [1.54, 1.807) is 6.07 Å². The van der Waals surface area contributed by atoms with Gasteiger partial charge in [-0.3, -0.25) is 0 Å². The van der Waals surface area contributed by atoms with E-state index in [1.165, 1.54) is 6.07 Å². The Morgan fingerprint density at radius 3 is 2.57 bits per heavy atom. The number of fused-ring (bicyclic) bond motifs is 1. The summed E-state index contributed by atoms with van der Waals surface area (Å²) in [5.74, 6) is 0. The molecule has 1 atom stereocenters. The van der Waals surface area contributed by atoms with Gasteiger partial charge in [0.2, 0.25) is 0 Å². The number of alkyl halides is 3. The van der Waals surface area contributed by atoms with Crippen molar-refractivity contribution in [3.05, 3.63) is 53.6 Å². The van der Waals surface area contributed by atoms with Crippen molar-refractivity contribution < 1.29 is 13.2 Å². The molecule has 0 saturated carbocycles. The van der Waals surface area contributed by atoms with Crippen LogP contribution >= 0.6 is 0 Å². The van der Waals surface area contributed by atoms with Gasteiger partial charge in [0.25, 0.3) is 0 Å². The van der Waals surface area contributed by atoms with Gasteiger partial charge in [-0.15, -0.1) is 0 Å². The van der Waals surface area contributed by atoms with Gasteiger partial charge in [0.1, 0.15) is 0 Å². The highest BCUT2D eigenvalue weighted by molar-refractivity contribution is 5.73. The summed E-state index contributed by atoms with van der Waals surface area (Å²) in [5, 5.41) is 0. The van der Waals surface area contributed by atoms with E-state index in [2.05, 4.69) is 0 Å².